The SMILES string of the molecule is COc1ccc(-c2[nH]nc(N)c2Br)cc1C(C)(C)C. The molecular weight excluding hydrogens is 306 g/mol. The first-order chi connectivity index (χ1) is 8.84. The molecule has 0 saturated carbocycles. The van der Waals surface area contributed by atoms with Gasteiger partial charge in [0.25, 0.3) is 0 Å². The number of ether oxygens (including phenoxy) is 1. The number of rotatable bonds is 2. The average molecular weight is 324 g/mol. The zero-order chi connectivity index (χ0) is 14.2. The molecule has 0 fully saturated rings. The van der Waals surface area contributed by atoms with Gasteiger partial charge in [-0.25, -0.2) is 0 Å². The molecule has 3 N–H and O–H groups in total. The summed E-state index contributed by atoms with van der Waals surface area (Å²) in [6.07, 6.45) is 0. The van der Waals surface area contributed by atoms with E-state index >= 15 is 0 Å². The molecule has 2 aromatic rings. The van der Waals surface area contributed by atoms with E-state index in [1.54, 1.807) is 7.11 Å². The van der Waals surface area contributed by atoms with E-state index in [4.69, 9.17) is 10.5 Å². The minimum absolute atomic E-state index is 0.000600. The highest BCUT2D eigenvalue weighted by molar-refractivity contribution is 9.10. The minimum atomic E-state index is -0.000600. The van der Waals surface area contributed by atoms with Crippen LogP contribution >= 0.6 is 15.9 Å². The van der Waals surface area contributed by atoms with Crippen molar-refractivity contribution in [1.29, 1.82) is 0 Å². The van der Waals surface area contributed by atoms with Gasteiger partial charge in [-0.05, 0) is 39.5 Å². The number of aromatic nitrogens is 2. The van der Waals surface area contributed by atoms with Crippen LogP contribution in [0.15, 0.2) is 22.7 Å². The molecule has 0 saturated heterocycles. The first kappa shape index (κ1) is 13.9. The number of aromatic amines is 1. The van der Waals surface area contributed by atoms with E-state index in [9.17, 15) is 0 Å². The lowest BCUT2D eigenvalue weighted by Crippen LogP contribution is -2.13. The van der Waals surface area contributed by atoms with E-state index in [-0.39, 0.29) is 5.41 Å². The highest BCUT2D eigenvalue weighted by Gasteiger charge is 2.20. The zero-order valence-corrected chi connectivity index (χ0v) is 13.1. The van der Waals surface area contributed by atoms with Crippen LogP contribution in [0, 0.1) is 0 Å². The van der Waals surface area contributed by atoms with Crippen molar-refractivity contribution >= 4 is 21.7 Å². The fourth-order valence-electron chi connectivity index (χ4n) is 1.98. The number of H-pyrrole nitrogens is 1. The van der Waals surface area contributed by atoms with Crippen molar-refractivity contribution in [3.05, 3.63) is 28.2 Å². The highest BCUT2D eigenvalue weighted by atomic mass is 79.9. The Morgan fingerprint density at radius 1 is 1.32 bits per heavy atom. The number of nitrogens with one attached hydrogen (secondary N) is 1. The number of methoxy groups -OCH3 is 1. The first-order valence-electron chi connectivity index (χ1n) is 6.03. The van der Waals surface area contributed by atoms with Crippen LogP contribution in [0.2, 0.25) is 0 Å². The zero-order valence-electron chi connectivity index (χ0n) is 11.5. The van der Waals surface area contributed by atoms with Gasteiger partial charge in [0, 0.05) is 11.1 Å². The number of nitrogens with zero attached hydrogens (tertiary/aromatic N) is 1. The molecule has 1 aromatic carbocycles. The first-order valence-corrected chi connectivity index (χ1v) is 6.82. The van der Waals surface area contributed by atoms with Gasteiger partial charge in [0.1, 0.15) is 5.75 Å². The second-order valence-electron chi connectivity index (χ2n) is 5.46. The number of hydrogen-bond donors (Lipinski definition) is 2. The highest BCUT2D eigenvalue weighted by Crippen LogP contribution is 2.37. The third-order valence-electron chi connectivity index (χ3n) is 3.03. The Hall–Kier alpha value is -1.49. The monoisotopic (exact) mass is 323 g/mol. The molecule has 0 aliphatic heterocycles. The Morgan fingerprint density at radius 2 is 2.00 bits per heavy atom. The number of anilines is 1. The molecule has 0 atom stereocenters. The summed E-state index contributed by atoms with van der Waals surface area (Å²) in [5.41, 5.74) is 8.80. The van der Waals surface area contributed by atoms with Gasteiger partial charge in [0.2, 0.25) is 0 Å². The second kappa shape index (κ2) is 4.89. The molecule has 1 heterocycles. The third-order valence-corrected chi connectivity index (χ3v) is 3.83. The van der Waals surface area contributed by atoms with Crippen molar-refractivity contribution in [2.24, 2.45) is 0 Å². The van der Waals surface area contributed by atoms with Crippen LogP contribution in [0.25, 0.3) is 11.3 Å². The van der Waals surface area contributed by atoms with Crippen molar-refractivity contribution in [3.8, 4) is 17.0 Å². The molecule has 0 aliphatic carbocycles. The molecular formula is C14H18BrN3O. The Kier molecular flexibility index (Phi) is 3.58. The Labute approximate surface area is 121 Å². The standard InChI is InChI=1S/C14H18BrN3O/c1-14(2,3)9-7-8(5-6-10(9)19-4)12-11(15)13(16)18-17-12/h5-7H,1-4H3,(H3,16,17,18). The number of halogens is 1. The average Bonchev–Trinajstić information content (AvgIpc) is 2.68. The molecule has 19 heavy (non-hydrogen) atoms. The van der Waals surface area contributed by atoms with Crippen molar-refractivity contribution in [1.82, 2.24) is 10.2 Å². The predicted molar refractivity (Wildman–Crippen MR) is 81.4 cm³/mol. The molecule has 0 aliphatic rings. The van der Waals surface area contributed by atoms with Gasteiger partial charge < -0.3 is 10.5 Å². The topological polar surface area (TPSA) is 63.9 Å². The molecule has 0 spiro atoms. The molecule has 4 nitrogen and oxygen atoms in total. The normalized spacial score (nSPS) is 11.6. The van der Waals surface area contributed by atoms with Crippen LogP contribution in [0.4, 0.5) is 5.82 Å². The fraction of sp³-hybridized carbons (Fsp3) is 0.357. The minimum Gasteiger partial charge on any atom is -0.496 e. The van der Waals surface area contributed by atoms with Gasteiger partial charge in [-0.3, -0.25) is 5.10 Å². The van der Waals surface area contributed by atoms with Gasteiger partial charge in [-0.2, -0.15) is 5.10 Å². The maximum absolute atomic E-state index is 5.74. The summed E-state index contributed by atoms with van der Waals surface area (Å²) >= 11 is 3.45. The number of hydrogen-bond acceptors (Lipinski definition) is 3. The largest absolute Gasteiger partial charge is 0.496 e. The van der Waals surface area contributed by atoms with Crippen molar-refractivity contribution in [2.75, 3.05) is 12.8 Å². The molecule has 5 heteroatoms. The smallest absolute Gasteiger partial charge is 0.160 e. The van der Waals surface area contributed by atoms with Crippen molar-refractivity contribution in [2.45, 2.75) is 26.2 Å². The van der Waals surface area contributed by atoms with E-state index in [2.05, 4.69) is 53.0 Å². The van der Waals surface area contributed by atoms with Crippen LogP contribution in [-0.4, -0.2) is 17.3 Å². The lowest BCUT2D eigenvalue weighted by molar-refractivity contribution is 0.397. The number of benzene rings is 1. The van der Waals surface area contributed by atoms with Crippen LogP contribution in [-0.2, 0) is 5.41 Å². The fourth-order valence-corrected chi connectivity index (χ4v) is 2.39. The quantitative estimate of drug-likeness (QED) is 0.885. The third kappa shape index (κ3) is 2.61. The molecule has 2 rings (SSSR count). The van der Waals surface area contributed by atoms with E-state index in [0.29, 0.717) is 5.82 Å². The van der Waals surface area contributed by atoms with Crippen LogP contribution in [0.5, 0.6) is 5.75 Å². The van der Waals surface area contributed by atoms with Crippen LogP contribution in [0.1, 0.15) is 26.3 Å². The molecule has 0 unspecified atom stereocenters. The van der Waals surface area contributed by atoms with Gasteiger partial charge in [-0.1, -0.05) is 20.8 Å². The summed E-state index contributed by atoms with van der Waals surface area (Å²) in [4.78, 5) is 0. The maximum atomic E-state index is 5.74. The maximum Gasteiger partial charge on any atom is 0.160 e. The predicted octanol–water partition coefficient (Wildman–Crippen LogP) is 3.73. The number of nitrogens with two attached hydrogens (primary N) is 1. The van der Waals surface area contributed by atoms with Gasteiger partial charge in [0.05, 0.1) is 17.3 Å². The van der Waals surface area contributed by atoms with Crippen LogP contribution < -0.4 is 10.5 Å². The summed E-state index contributed by atoms with van der Waals surface area (Å²) in [7, 11) is 1.69. The van der Waals surface area contributed by atoms with Gasteiger partial charge in [0.15, 0.2) is 5.82 Å². The Morgan fingerprint density at radius 3 is 2.47 bits per heavy atom. The van der Waals surface area contributed by atoms with E-state index in [1.165, 1.54) is 0 Å². The summed E-state index contributed by atoms with van der Waals surface area (Å²) in [6.45, 7) is 6.47. The van der Waals surface area contributed by atoms with Crippen LogP contribution in [0.3, 0.4) is 0 Å². The number of nitrogen functional groups attached to an aromatic ring is 1. The van der Waals surface area contributed by atoms with Crippen molar-refractivity contribution in [3.63, 3.8) is 0 Å². The lowest BCUT2D eigenvalue weighted by atomic mass is 9.85. The second-order valence-corrected chi connectivity index (χ2v) is 6.26. The Bertz CT molecular complexity index is 599. The molecule has 1 aromatic heterocycles. The Balaban J connectivity index is 2.58. The molecule has 102 valence electrons. The summed E-state index contributed by atoms with van der Waals surface area (Å²) in [6, 6.07) is 6.07. The van der Waals surface area contributed by atoms with E-state index < -0.39 is 0 Å². The van der Waals surface area contributed by atoms with Gasteiger partial charge >= 0.3 is 0 Å². The molecule has 0 bridgehead atoms. The van der Waals surface area contributed by atoms with E-state index in [1.807, 2.05) is 12.1 Å². The summed E-state index contributed by atoms with van der Waals surface area (Å²) < 4.78 is 6.23. The van der Waals surface area contributed by atoms with Gasteiger partial charge in [-0.15, -0.1) is 0 Å². The van der Waals surface area contributed by atoms with Crippen molar-refractivity contribution < 1.29 is 4.74 Å². The molecule has 0 radical (unpaired) electrons. The lowest BCUT2D eigenvalue weighted by Gasteiger charge is -2.22. The van der Waals surface area contributed by atoms with E-state index in [0.717, 1.165) is 27.0 Å². The molecule has 0 amide bonds. The summed E-state index contributed by atoms with van der Waals surface area (Å²) in [5.74, 6) is 1.35. The summed E-state index contributed by atoms with van der Waals surface area (Å²) in [5, 5.41) is 6.95.